The first-order chi connectivity index (χ1) is 17.2. The number of aromatic amines is 1. The van der Waals surface area contributed by atoms with Gasteiger partial charge in [-0.15, -0.1) is 0 Å². The Labute approximate surface area is 206 Å². The van der Waals surface area contributed by atoms with E-state index in [9.17, 15) is 34.5 Å². The Kier molecular flexibility index (Phi) is 8.97. The van der Waals surface area contributed by atoms with Gasteiger partial charge in [0.25, 0.3) is 0 Å². The number of hydrogen-bond acceptors (Lipinski definition) is 8. The molecule has 0 spiro atoms. The second kappa shape index (κ2) is 12.1. The van der Waals surface area contributed by atoms with E-state index in [1.807, 2.05) is 0 Å². The SMILES string of the molecule is NC(Cc1ccc(O)cc1)C(=O)N1CCCC1C(=O)NC(CO)C(=O)NC(Cc1cnc[nH]1)C(=O)O. The fourth-order valence-corrected chi connectivity index (χ4v) is 4.04. The molecule has 1 fully saturated rings. The number of likely N-dealkylation sites (tertiary alicyclic amines) is 1. The quantitative estimate of drug-likeness (QED) is 0.186. The number of carboxylic acid groups (broad SMARTS) is 1. The Bertz CT molecular complexity index is 1060. The molecular formula is C23H30N6O7. The smallest absolute Gasteiger partial charge is 0.326 e. The van der Waals surface area contributed by atoms with Gasteiger partial charge in [-0.2, -0.15) is 0 Å². The third-order valence-electron chi connectivity index (χ3n) is 5.96. The van der Waals surface area contributed by atoms with Gasteiger partial charge in [-0.3, -0.25) is 14.4 Å². The number of phenolic OH excluding ortho intramolecular Hbond substituents is 1. The average Bonchev–Trinajstić information content (AvgIpc) is 3.55. The second-order valence-electron chi connectivity index (χ2n) is 8.59. The van der Waals surface area contributed by atoms with Crippen LogP contribution in [-0.4, -0.2) is 91.2 Å². The summed E-state index contributed by atoms with van der Waals surface area (Å²) >= 11 is 0. The lowest BCUT2D eigenvalue weighted by Crippen LogP contribution is -2.58. The summed E-state index contributed by atoms with van der Waals surface area (Å²) in [6.45, 7) is -0.462. The van der Waals surface area contributed by atoms with Crippen LogP contribution in [0.2, 0.25) is 0 Å². The fraction of sp³-hybridized carbons (Fsp3) is 0.435. The number of carboxylic acids is 1. The number of aliphatic hydroxyl groups excluding tert-OH is 1. The summed E-state index contributed by atoms with van der Waals surface area (Å²) in [4.78, 5) is 58.0. The lowest BCUT2D eigenvalue weighted by Gasteiger charge is -2.28. The van der Waals surface area contributed by atoms with E-state index in [4.69, 9.17) is 5.73 Å². The molecule has 1 aliphatic rings. The number of hydrogen-bond donors (Lipinski definition) is 7. The van der Waals surface area contributed by atoms with E-state index in [0.717, 1.165) is 5.56 Å². The van der Waals surface area contributed by atoms with Gasteiger partial charge in [0, 0.05) is 24.9 Å². The molecule has 13 nitrogen and oxygen atoms in total. The molecule has 0 radical (unpaired) electrons. The first kappa shape index (κ1) is 26.6. The van der Waals surface area contributed by atoms with Gasteiger partial charge in [0.15, 0.2) is 0 Å². The van der Waals surface area contributed by atoms with E-state index < -0.39 is 54.5 Å². The number of aromatic hydroxyl groups is 1. The Balaban J connectivity index is 1.59. The number of nitrogens with one attached hydrogen (secondary N) is 3. The number of rotatable bonds is 11. The van der Waals surface area contributed by atoms with Crippen molar-refractivity contribution < 1.29 is 34.5 Å². The summed E-state index contributed by atoms with van der Waals surface area (Å²) in [5.41, 5.74) is 7.32. The number of imidazole rings is 1. The lowest BCUT2D eigenvalue weighted by molar-refractivity contribution is -0.143. The van der Waals surface area contributed by atoms with Gasteiger partial charge in [-0.05, 0) is 37.0 Å². The summed E-state index contributed by atoms with van der Waals surface area (Å²) in [7, 11) is 0. The van der Waals surface area contributed by atoms with Crippen molar-refractivity contribution in [3.05, 3.63) is 48.0 Å². The van der Waals surface area contributed by atoms with Crippen LogP contribution in [-0.2, 0) is 32.0 Å². The van der Waals surface area contributed by atoms with Crippen molar-refractivity contribution in [3.8, 4) is 5.75 Å². The maximum absolute atomic E-state index is 13.0. The van der Waals surface area contributed by atoms with E-state index in [0.29, 0.717) is 25.1 Å². The maximum Gasteiger partial charge on any atom is 0.326 e. The van der Waals surface area contributed by atoms with Crippen LogP contribution >= 0.6 is 0 Å². The Morgan fingerprint density at radius 3 is 2.47 bits per heavy atom. The monoisotopic (exact) mass is 502 g/mol. The molecular weight excluding hydrogens is 472 g/mol. The number of aliphatic carboxylic acids is 1. The molecule has 8 N–H and O–H groups in total. The van der Waals surface area contributed by atoms with Gasteiger partial charge in [-0.25, -0.2) is 9.78 Å². The van der Waals surface area contributed by atoms with Crippen LogP contribution in [0, 0.1) is 0 Å². The molecule has 1 aromatic heterocycles. The molecule has 0 bridgehead atoms. The number of phenols is 1. The number of carbonyl (C=O) groups is 4. The third-order valence-corrected chi connectivity index (χ3v) is 5.96. The van der Waals surface area contributed by atoms with Crippen LogP contribution in [0.25, 0.3) is 0 Å². The molecule has 1 saturated heterocycles. The standard InChI is InChI=1S/C23H30N6O7/c24-16(8-13-3-5-15(31)6-4-13)22(34)29-7-1-2-19(29)21(33)28-18(11-30)20(32)27-17(23(35)36)9-14-10-25-12-26-14/h3-6,10,12,16-19,30-31H,1-2,7-9,11,24H2,(H,25,26)(H,27,32)(H,28,33)(H,35,36). The zero-order valence-electron chi connectivity index (χ0n) is 19.5. The molecule has 3 amide bonds. The number of benzene rings is 1. The number of aromatic nitrogens is 2. The van der Waals surface area contributed by atoms with Crippen LogP contribution in [0.1, 0.15) is 24.1 Å². The van der Waals surface area contributed by atoms with E-state index in [1.165, 1.54) is 29.6 Å². The van der Waals surface area contributed by atoms with E-state index in [2.05, 4.69) is 20.6 Å². The molecule has 2 heterocycles. The Morgan fingerprint density at radius 2 is 1.86 bits per heavy atom. The van der Waals surface area contributed by atoms with E-state index >= 15 is 0 Å². The molecule has 4 unspecified atom stereocenters. The highest BCUT2D eigenvalue weighted by Crippen LogP contribution is 2.20. The maximum atomic E-state index is 13.0. The zero-order valence-corrected chi connectivity index (χ0v) is 19.5. The highest BCUT2D eigenvalue weighted by Gasteiger charge is 2.38. The predicted molar refractivity (Wildman–Crippen MR) is 125 cm³/mol. The molecule has 4 atom stereocenters. The Hall–Kier alpha value is -3.97. The number of amides is 3. The first-order valence-corrected chi connectivity index (χ1v) is 11.4. The second-order valence-corrected chi connectivity index (χ2v) is 8.59. The van der Waals surface area contributed by atoms with Gasteiger partial charge in [0.05, 0.1) is 19.0 Å². The number of H-pyrrole nitrogens is 1. The van der Waals surface area contributed by atoms with Crippen molar-refractivity contribution in [3.63, 3.8) is 0 Å². The lowest BCUT2D eigenvalue weighted by atomic mass is 10.0. The van der Waals surface area contributed by atoms with Gasteiger partial charge in [0.1, 0.15) is 23.9 Å². The van der Waals surface area contributed by atoms with Crippen LogP contribution in [0.5, 0.6) is 5.75 Å². The number of nitrogens with two attached hydrogens (primary N) is 1. The first-order valence-electron chi connectivity index (χ1n) is 11.4. The van der Waals surface area contributed by atoms with Gasteiger partial charge in [-0.1, -0.05) is 12.1 Å². The molecule has 13 heteroatoms. The Morgan fingerprint density at radius 1 is 1.14 bits per heavy atom. The topological polar surface area (TPSA) is 211 Å². The normalized spacial score (nSPS) is 17.7. The summed E-state index contributed by atoms with van der Waals surface area (Å²) in [6, 6.07) is 1.75. The van der Waals surface area contributed by atoms with Crippen LogP contribution in [0.15, 0.2) is 36.8 Å². The van der Waals surface area contributed by atoms with Gasteiger partial charge >= 0.3 is 5.97 Å². The van der Waals surface area contributed by atoms with Gasteiger partial charge in [0.2, 0.25) is 17.7 Å². The predicted octanol–water partition coefficient (Wildman–Crippen LogP) is -1.73. The van der Waals surface area contributed by atoms with Crippen LogP contribution < -0.4 is 16.4 Å². The largest absolute Gasteiger partial charge is 0.508 e. The van der Waals surface area contributed by atoms with Crippen molar-refractivity contribution in [1.29, 1.82) is 0 Å². The van der Waals surface area contributed by atoms with Gasteiger partial charge < -0.3 is 41.6 Å². The molecule has 3 rings (SSSR count). The molecule has 0 aliphatic carbocycles. The summed E-state index contributed by atoms with van der Waals surface area (Å²) in [5, 5.41) is 33.2. The van der Waals surface area contributed by atoms with E-state index in [-0.39, 0.29) is 18.6 Å². The summed E-state index contributed by atoms with van der Waals surface area (Å²) in [6.07, 6.45) is 3.83. The van der Waals surface area contributed by atoms with Crippen molar-refractivity contribution in [2.45, 2.75) is 49.9 Å². The van der Waals surface area contributed by atoms with Crippen LogP contribution in [0.3, 0.4) is 0 Å². The van der Waals surface area contributed by atoms with E-state index in [1.54, 1.807) is 12.1 Å². The number of aliphatic hydroxyl groups is 1. The average molecular weight is 503 g/mol. The molecule has 36 heavy (non-hydrogen) atoms. The van der Waals surface area contributed by atoms with Crippen molar-refractivity contribution in [1.82, 2.24) is 25.5 Å². The highest BCUT2D eigenvalue weighted by molar-refractivity contribution is 5.94. The molecule has 0 saturated carbocycles. The van der Waals surface area contributed by atoms with Crippen LogP contribution in [0.4, 0.5) is 0 Å². The molecule has 1 aromatic carbocycles. The third kappa shape index (κ3) is 6.79. The van der Waals surface area contributed by atoms with Crippen molar-refractivity contribution in [2.24, 2.45) is 5.73 Å². The fourth-order valence-electron chi connectivity index (χ4n) is 4.04. The zero-order chi connectivity index (χ0) is 26.2. The minimum atomic E-state index is -1.41. The van der Waals surface area contributed by atoms with Crippen molar-refractivity contribution in [2.75, 3.05) is 13.2 Å². The molecule has 2 aromatic rings. The number of nitrogens with zero attached hydrogens (tertiary/aromatic N) is 2. The summed E-state index contributed by atoms with van der Waals surface area (Å²) in [5.74, 6) is -3.16. The summed E-state index contributed by atoms with van der Waals surface area (Å²) < 4.78 is 0. The molecule has 194 valence electrons. The molecule has 1 aliphatic heterocycles. The highest BCUT2D eigenvalue weighted by atomic mass is 16.4. The minimum Gasteiger partial charge on any atom is -0.508 e. The number of carbonyl (C=O) groups excluding carboxylic acids is 3. The minimum absolute atomic E-state index is 0.0724. The van der Waals surface area contributed by atoms with Crippen molar-refractivity contribution >= 4 is 23.7 Å².